The van der Waals surface area contributed by atoms with Gasteiger partial charge in [0.25, 0.3) is 5.91 Å². The highest BCUT2D eigenvalue weighted by molar-refractivity contribution is 7.91. The Morgan fingerprint density at radius 2 is 2.23 bits per heavy atom. The van der Waals surface area contributed by atoms with Gasteiger partial charge in [0.05, 0.1) is 28.8 Å². The molecule has 3 rings (SSSR count). The number of sulfone groups is 1. The van der Waals surface area contributed by atoms with Crippen LogP contribution in [0, 0.1) is 13.8 Å². The van der Waals surface area contributed by atoms with Gasteiger partial charge in [-0.15, -0.1) is 11.3 Å². The number of thiazole rings is 1. The lowest BCUT2D eigenvalue weighted by Crippen LogP contribution is -2.16. The van der Waals surface area contributed by atoms with Crippen molar-refractivity contribution < 1.29 is 13.2 Å². The topological polar surface area (TPSA) is 94.0 Å². The zero-order valence-electron chi connectivity index (χ0n) is 12.2. The molecule has 2 aromatic heterocycles. The summed E-state index contributed by atoms with van der Waals surface area (Å²) in [5.74, 6) is -0.00356. The van der Waals surface area contributed by atoms with Gasteiger partial charge in [-0.2, -0.15) is 5.10 Å². The van der Waals surface area contributed by atoms with E-state index in [0.717, 1.165) is 0 Å². The Labute approximate surface area is 132 Å². The monoisotopic (exact) mass is 340 g/mol. The number of amides is 1. The van der Waals surface area contributed by atoms with Crippen LogP contribution >= 0.6 is 11.3 Å². The molecule has 3 heterocycles. The van der Waals surface area contributed by atoms with Crippen LogP contribution in [0.4, 0.5) is 5.13 Å². The molecule has 1 saturated heterocycles. The van der Waals surface area contributed by atoms with Crippen molar-refractivity contribution in [3.05, 3.63) is 28.5 Å². The van der Waals surface area contributed by atoms with E-state index in [1.165, 1.54) is 11.3 Å². The molecule has 0 radical (unpaired) electrons. The molecule has 118 valence electrons. The summed E-state index contributed by atoms with van der Waals surface area (Å²) >= 11 is 1.34. The molecule has 2 aromatic rings. The van der Waals surface area contributed by atoms with Crippen LogP contribution < -0.4 is 5.32 Å². The van der Waals surface area contributed by atoms with Crippen molar-refractivity contribution in [2.75, 3.05) is 16.8 Å². The molecule has 1 aliphatic rings. The number of rotatable bonds is 3. The molecule has 0 unspecified atom stereocenters. The molecule has 0 aliphatic carbocycles. The van der Waals surface area contributed by atoms with Gasteiger partial charge in [0, 0.05) is 17.3 Å². The number of aryl methyl sites for hydroxylation is 1. The average molecular weight is 340 g/mol. The number of nitrogens with one attached hydrogen (secondary N) is 1. The molecule has 0 spiro atoms. The number of hydrogen-bond acceptors (Lipinski definition) is 6. The predicted molar refractivity (Wildman–Crippen MR) is 84.1 cm³/mol. The molecule has 22 heavy (non-hydrogen) atoms. The van der Waals surface area contributed by atoms with E-state index in [1.807, 2.05) is 0 Å². The molecule has 9 heteroatoms. The van der Waals surface area contributed by atoms with E-state index in [9.17, 15) is 13.2 Å². The van der Waals surface area contributed by atoms with Crippen molar-refractivity contribution in [2.45, 2.75) is 26.3 Å². The first-order chi connectivity index (χ1) is 10.4. The van der Waals surface area contributed by atoms with Crippen LogP contribution in [-0.4, -0.2) is 40.6 Å². The van der Waals surface area contributed by atoms with Crippen molar-refractivity contribution in [3.8, 4) is 0 Å². The first kappa shape index (κ1) is 15.2. The second kappa shape index (κ2) is 5.47. The summed E-state index contributed by atoms with van der Waals surface area (Å²) in [6, 6.07) is -0.190. The van der Waals surface area contributed by atoms with E-state index >= 15 is 0 Å². The Hall–Kier alpha value is -1.74. The third-order valence-electron chi connectivity index (χ3n) is 3.76. The van der Waals surface area contributed by atoms with E-state index in [2.05, 4.69) is 15.4 Å². The molecule has 0 bridgehead atoms. The molecule has 1 aliphatic heterocycles. The lowest BCUT2D eigenvalue weighted by atomic mass is 10.1. The van der Waals surface area contributed by atoms with Crippen LogP contribution in [0.25, 0.3) is 0 Å². The number of carbonyl (C=O) groups is 1. The van der Waals surface area contributed by atoms with Crippen LogP contribution in [0.15, 0.2) is 11.6 Å². The summed E-state index contributed by atoms with van der Waals surface area (Å²) in [5, 5.41) is 9.43. The maximum absolute atomic E-state index is 12.4. The highest BCUT2D eigenvalue weighted by atomic mass is 32.2. The molecular weight excluding hydrogens is 324 g/mol. The van der Waals surface area contributed by atoms with E-state index in [-0.39, 0.29) is 23.5 Å². The molecular formula is C13H16N4O3S2. The summed E-state index contributed by atoms with van der Waals surface area (Å²) in [7, 11) is -2.99. The first-order valence-electron chi connectivity index (χ1n) is 6.84. The molecule has 1 N–H and O–H groups in total. The van der Waals surface area contributed by atoms with E-state index in [0.29, 0.717) is 28.5 Å². The van der Waals surface area contributed by atoms with Gasteiger partial charge >= 0.3 is 0 Å². The van der Waals surface area contributed by atoms with Crippen molar-refractivity contribution in [1.82, 2.24) is 14.8 Å². The second-order valence-electron chi connectivity index (χ2n) is 5.34. The van der Waals surface area contributed by atoms with Crippen LogP contribution in [0.3, 0.4) is 0 Å². The van der Waals surface area contributed by atoms with E-state index in [4.69, 9.17) is 0 Å². The van der Waals surface area contributed by atoms with Crippen LogP contribution in [0.1, 0.15) is 34.2 Å². The minimum absolute atomic E-state index is 0.0858. The van der Waals surface area contributed by atoms with Gasteiger partial charge in [0.15, 0.2) is 15.0 Å². The third-order valence-corrected chi connectivity index (χ3v) is 6.20. The fourth-order valence-electron chi connectivity index (χ4n) is 2.76. The zero-order valence-corrected chi connectivity index (χ0v) is 13.9. The summed E-state index contributed by atoms with van der Waals surface area (Å²) in [5.41, 5.74) is 1.77. The maximum atomic E-state index is 12.4. The Kier molecular flexibility index (Phi) is 3.77. The third kappa shape index (κ3) is 2.78. The number of carbonyl (C=O) groups excluding carboxylic acids is 1. The fraction of sp³-hybridized carbons (Fsp3) is 0.462. The van der Waals surface area contributed by atoms with Crippen molar-refractivity contribution in [2.24, 2.45) is 0 Å². The van der Waals surface area contributed by atoms with Crippen LogP contribution in [0.2, 0.25) is 0 Å². The smallest absolute Gasteiger partial charge is 0.261 e. The lowest BCUT2D eigenvalue weighted by Gasteiger charge is -2.11. The lowest BCUT2D eigenvalue weighted by molar-refractivity contribution is 0.102. The van der Waals surface area contributed by atoms with Crippen molar-refractivity contribution in [3.63, 3.8) is 0 Å². The first-order valence-corrected chi connectivity index (χ1v) is 9.54. The predicted octanol–water partition coefficient (Wildman–Crippen LogP) is 1.57. The minimum atomic E-state index is -2.99. The highest BCUT2D eigenvalue weighted by Gasteiger charge is 2.32. The van der Waals surface area contributed by atoms with Crippen LogP contribution in [0.5, 0.6) is 0 Å². The van der Waals surface area contributed by atoms with Gasteiger partial charge in [0.1, 0.15) is 0 Å². The molecule has 1 atom stereocenters. The molecule has 7 nitrogen and oxygen atoms in total. The Morgan fingerprint density at radius 3 is 2.82 bits per heavy atom. The van der Waals surface area contributed by atoms with Gasteiger partial charge in [-0.05, 0) is 20.3 Å². The molecule has 0 saturated carbocycles. The maximum Gasteiger partial charge on any atom is 0.261 e. The number of hydrogen-bond donors (Lipinski definition) is 1. The number of nitrogens with zero attached hydrogens (tertiary/aromatic N) is 3. The number of anilines is 1. The largest absolute Gasteiger partial charge is 0.298 e. The SMILES string of the molecule is Cc1nn([C@H]2CCS(=O)(=O)C2)c(C)c1C(=O)Nc1nccs1. The quantitative estimate of drug-likeness (QED) is 0.915. The standard InChI is InChI=1S/C13H16N4O3S2/c1-8-11(12(18)15-13-14-4-5-21-13)9(2)17(16-8)10-3-6-22(19,20)7-10/h4-5,10H,3,6-7H2,1-2H3,(H,14,15,18)/t10-/m0/s1. The average Bonchev–Trinajstić information content (AvgIpc) is 3.10. The zero-order chi connectivity index (χ0) is 15.9. The van der Waals surface area contributed by atoms with Gasteiger partial charge in [0.2, 0.25) is 0 Å². The number of aromatic nitrogens is 3. The Balaban J connectivity index is 1.89. The van der Waals surface area contributed by atoms with Crippen molar-refractivity contribution >= 4 is 32.2 Å². The summed E-state index contributed by atoms with van der Waals surface area (Å²) < 4.78 is 24.9. The molecule has 1 amide bonds. The van der Waals surface area contributed by atoms with Gasteiger partial charge in [-0.3, -0.25) is 14.8 Å². The normalized spacial score (nSPS) is 20.2. The summed E-state index contributed by atoms with van der Waals surface area (Å²) in [6.07, 6.45) is 2.16. The van der Waals surface area contributed by atoms with Gasteiger partial charge in [-0.1, -0.05) is 0 Å². The Morgan fingerprint density at radius 1 is 1.45 bits per heavy atom. The summed E-state index contributed by atoms with van der Waals surface area (Å²) in [4.78, 5) is 16.4. The van der Waals surface area contributed by atoms with E-state index in [1.54, 1.807) is 30.1 Å². The minimum Gasteiger partial charge on any atom is -0.298 e. The molecule has 0 aromatic carbocycles. The summed E-state index contributed by atoms with van der Waals surface area (Å²) in [6.45, 7) is 3.55. The Bertz CT molecular complexity index is 809. The molecule has 1 fully saturated rings. The van der Waals surface area contributed by atoms with Gasteiger partial charge in [-0.25, -0.2) is 13.4 Å². The van der Waals surface area contributed by atoms with Crippen LogP contribution in [-0.2, 0) is 9.84 Å². The van der Waals surface area contributed by atoms with Crippen molar-refractivity contribution in [1.29, 1.82) is 0 Å². The van der Waals surface area contributed by atoms with E-state index < -0.39 is 9.84 Å². The fourth-order valence-corrected chi connectivity index (χ4v) is 4.98. The highest BCUT2D eigenvalue weighted by Crippen LogP contribution is 2.27. The second-order valence-corrected chi connectivity index (χ2v) is 8.46. The van der Waals surface area contributed by atoms with Gasteiger partial charge < -0.3 is 0 Å².